The highest BCUT2D eigenvalue weighted by molar-refractivity contribution is 7.82. The van der Waals surface area contributed by atoms with Gasteiger partial charge in [0.2, 0.25) is 6.41 Å². The van der Waals surface area contributed by atoms with Crippen molar-refractivity contribution in [3.8, 4) is 0 Å². The summed E-state index contributed by atoms with van der Waals surface area (Å²) in [7, 11) is -1.41. The van der Waals surface area contributed by atoms with Crippen molar-refractivity contribution in [3.63, 3.8) is 0 Å². The van der Waals surface area contributed by atoms with Crippen LogP contribution in [0.25, 0.3) is 0 Å². The highest BCUT2D eigenvalue weighted by Gasteiger charge is 2.28. The van der Waals surface area contributed by atoms with Crippen molar-refractivity contribution in [1.82, 2.24) is 9.37 Å². The monoisotopic (exact) mass is 438 g/mol. The number of nitrogens with zero attached hydrogens (tertiary/aromatic N) is 2. The number of rotatable bonds is 9. The zero-order chi connectivity index (χ0) is 21.5. The number of ether oxygens (including phenoxy) is 1. The maximum absolute atomic E-state index is 13.7. The Morgan fingerprint density at radius 1 is 1.20 bits per heavy atom. The zero-order valence-electron chi connectivity index (χ0n) is 16.3. The Kier molecular flexibility index (Phi) is 8.03. The molecule has 162 valence electrons. The van der Waals surface area contributed by atoms with E-state index >= 15 is 0 Å². The van der Waals surface area contributed by atoms with E-state index in [4.69, 9.17) is 4.74 Å². The van der Waals surface area contributed by atoms with E-state index in [0.717, 1.165) is 18.2 Å². The van der Waals surface area contributed by atoms with Crippen molar-refractivity contribution < 1.29 is 27.7 Å². The van der Waals surface area contributed by atoms with Gasteiger partial charge >= 0.3 is 0 Å². The molecule has 0 bridgehead atoms. The Balaban J connectivity index is 1.52. The van der Waals surface area contributed by atoms with Crippen LogP contribution in [0.2, 0.25) is 0 Å². The van der Waals surface area contributed by atoms with Crippen molar-refractivity contribution in [3.05, 3.63) is 71.3 Å². The van der Waals surface area contributed by atoms with Crippen LogP contribution < -0.4 is 0 Å². The summed E-state index contributed by atoms with van der Waals surface area (Å²) < 4.78 is 47.3. The minimum Gasteiger partial charge on any atom is -0.373 e. The molecule has 9 heteroatoms. The van der Waals surface area contributed by atoms with Gasteiger partial charge in [0.1, 0.15) is 11.6 Å². The molecule has 1 fully saturated rings. The first-order valence-corrected chi connectivity index (χ1v) is 10.9. The number of benzene rings is 2. The average Bonchev–Trinajstić information content (AvgIpc) is 2.78. The summed E-state index contributed by atoms with van der Waals surface area (Å²) in [4.78, 5) is 11.1. The van der Waals surface area contributed by atoms with Gasteiger partial charge in [-0.05, 0) is 36.6 Å². The molecule has 3 rings (SSSR count). The molecule has 0 aromatic heterocycles. The predicted molar refractivity (Wildman–Crippen MR) is 108 cm³/mol. The zero-order valence-corrected chi connectivity index (χ0v) is 17.1. The van der Waals surface area contributed by atoms with Gasteiger partial charge in [-0.15, -0.1) is 0 Å². The lowest BCUT2D eigenvalue weighted by atomic mass is 10.1. The minimum absolute atomic E-state index is 0.0216. The molecule has 6 nitrogen and oxygen atoms in total. The maximum Gasteiger partial charge on any atom is 0.233 e. The summed E-state index contributed by atoms with van der Waals surface area (Å²) in [6.45, 7) is 0.972. The molecule has 1 aliphatic rings. The standard InChI is InChI=1S/C21H24F2N2O4S/c22-18-6-7-20(23)17(12-18)13-29-19-8-10-24(11-9-19)30(28)14-21(25(27)15-26)16-4-2-1-3-5-16/h1-7,12,15,19,21,27H,8-11,13-14H2. The summed E-state index contributed by atoms with van der Waals surface area (Å²) in [6, 6.07) is 11.5. The molecular weight excluding hydrogens is 414 g/mol. The lowest BCUT2D eigenvalue weighted by Crippen LogP contribution is -2.41. The number of amides is 1. The Bertz CT molecular complexity index is 863. The third-order valence-corrected chi connectivity index (χ3v) is 6.63. The van der Waals surface area contributed by atoms with Crippen LogP contribution in [-0.4, -0.2) is 50.1 Å². The molecule has 1 saturated heterocycles. The van der Waals surface area contributed by atoms with Crippen molar-refractivity contribution in [1.29, 1.82) is 0 Å². The number of hydroxylamine groups is 2. The lowest BCUT2D eigenvalue weighted by Gasteiger charge is -2.32. The molecule has 0 aliphatic carbocycles. The topological polar surface area (TPSA) is 70.1 Å². The highest BCUT2D eigenvalue weighted by atomic mass is 32.2. The van der Waals surface area contributed by atoms with Crippen LogP contribution in [0.4, 0.5) is 8.78 Å². The van der Waals surface area contributed by atoms with E-state index in [2.05, 4.69) is 0 Å². The Hall–Kier alpha value is -2.20. The van der Waals surface area contributed by atoms with Gasteiger partial charge in [-0.1, -0.05) is 30.3 Å². The number of piperidine rings is 1. The third kappa shape index (κ3) is 5.91. The Morgan fingerprint density at radius 3 is 2.57 bits per heavy atom. The van der Waals surface area contributed by atoms with Crippen molar-refractivity contribution >= 4 is 17.4 Å². The molecule has 0 spiro atoms. The molecule has 2 atom stereocenters. The van der Waals surface area contributed by atoms with Crippen LogP contribution in [0, 0.1) is 11.6 Å². The summed E-state index contributed by atoms with van der Waals surface area (Å²) in [6.07, 6.45) is 1.35. The van der Waals surface area contributed by atoms with Gasteiger partial charge in [-0.25, -0.2) is 22.4 Å². The van der Waals surface area contributed by atoms with E-state index in [-0.39, 0.29) is 24.0 Å². The molecule has 0 saturated carbocycles. The van der Waals surface area contributed by atoms with Crippen LogP contribution in [0.5, 0.6) is 0 Å². The minimum atomic E-state index is -1.41. The van der Waals surface area contributed by atoms with Crippen molar-refractivity contribution in [2.75, 3.05) is 18.8 Å². The van der Waals surface area contributed by atoms with E-state index in [1.54, 1.807) is 28.6 Å². The fraction of sp³-hybridized carbons (Fsp3) is 0.381. The lowest BCUT2D eigenvalue weighted by molar-refractivity contribution is -0.158. The molecule has 30 heavy (non-hydrogen) atoms. The molecule has 1 amide bonds. The quantitative estimate of drug-likeness (QED) is 0.371. The van der Waals surface area contributed by atoms with Crippen LogP contribution in [0.1, 0.15) is 30.0 Å². The number of carbonyl (C=O) groups is 1. The molecule has 1 N–H and O–H groups in total. The molecule has 1 heterocycles. The van der Waals surface area contributed by atoms with E-state index in [1.807, 2.05) is 6.07 Å². The molecule has 0 radical (unpaired) electrons. The average molecular weight is 438 g/mol. The molecule has 2 aromatic carbocycles. The Labute approximate surface area is 176 Å². The second-order valence-electron chi connectivity index (χ2n) is 7.08. The first-order chi connectivity index (χ1) is 14.5. The SMILES string of the molecule is O=CN(O)C(CS(=O)N1CCC(OCc2cc(F)ccc2F)CC1)c1ccccc1. The van der Waals surface area contributed by atoms with E-state index < -0.39 is 28.7 Å². The van der Waals surface area contributed by atoms with Crippen LogP contribution in [0.3, 0.4) is 0 Å². The third-order valence-electron chi connectivity index (χ3n) is 5.08. The molecular formula is C21H24F2N2O4S. The fourth-order valence-electron chi connectivity index (χ4n) is 3.38. The summed E-state index contributed by atoms with van der Waals surface area (Å²) in [5, 5.41) is 10.5. The van der Waals surface area contributed by atoms with Gasteiger partial charge in [0.15, 0.2) is 0 Å². The fourth-order valence-corrected chi connectivity index (χ4v) is 4.82. The summed E-state index contributed by atoms with van der Waals surface area (Å²) >= 11 is 0. The van der Waals surface area contributed by atoms with E-state index in [1.165, 1.54) is 0 Å². The van der Waals surface area contributed by atoms with Gasteiger partial charge < -0.3 is 4.74 Å². The first-order valence-electron chi connectivity index (χ1n) is 9.64. The second-order valence-corrected chi connectivity index (χ2v) is 8.57. The highest BCUT2D eigenvalue weighted by Crippen LogP contribution is 2.23. The van der Waals surface area contributed by atoms with Gasteiger partial charge in [0.05, 0.1) is 35.5 Å². The van der Waals surface area contributed by atoms with Gasteiger partial charge in [-0.2, -0.15) is 0 Å². The number of carbonyl (C=O) groups excluding carboxylic acids is 1. The van der Waals surface area contributed by atoms with Gasteiger partial charge in [0.25, 0.3) is 0 Å². The number of hydrogen-bond acceptors (Lipinski definition) is 4. The van der Waals surface area contributed by atoms with Crippen molar-refractivity contribution in [2.45, 2.75) is 31.6 Å². The van der Waals surface area contributed by atoms with E-state index in [0.29, 0.717) is 43.0 Å². The first kappa shape index (κ1) is 22.5. The van der Waals surface area contributed by atoms with E-state index in [9.17, 15) is 23.0 Å². The smallest absolute Gasteiger partial charge is 0.233 e. The number of halogens is 2. The predicted octanol–water partition coefficient (Wildman–Crippen LogP) is 3.20. The summed E-state index contributed by atoms with van der Waals surface area (Å²) in [5.41, 5.74) is 0.861. The maximum atomic E-state index is 13.7. The van der Waals surface area contributed by atoms with Crippen LogP contribution in [0.15, 0.2) is 48.5 Å². The second kappa shape index (κ2) is 10.7. The molecule has 2 unspecified atom stereocenters. The van der Waals surface area contributed by atoms with Crippen LogP contribution in [-0.2, 0) is 27.1 Å². The van der Waals surface area contributed by atoms with Crippen molar-refractivity contribution in [2.24, 2.45) is 0 Å². The summed E-state index contributed by atoms with van der Waals surface area (Å²) in [5.74, 6) is -0.953. The molecule has 1 aliphatic heterocycles. The van der Waals surface area contributed by atoms with Gasteiger partial charge in [-0.3, -0.25) is 10.0 Å². The largest absolute Gasteiger partial charge is 0.373 e. The number of hydrogen-bond donors (Lipinski definition) is 1. The van der Waals surface area contributed by atoms with Gasteiger partial charge in [0, 0.05) is 18.7 Å². The molecule has 2 aromatic rings. The normalized spacial score (nSPS) is 17.4. The Morgan fingerprint density at radius 2 is 1.90 bits per heavy atom. The van der Waals surface area contributed by atoms with Crippen LogP contribution >= 0.6 is 0 Å².